The molecule has 1 amide bonds. The van der Waals surface area contributed by atoms with Crippen molar-refractivity contribution in [2.45, 2.75) is 18.9 Å². The largest absolute Gasteiger partial charge is 0.480 e. The van der Waals surface area contributed by atoms with Gasteiger partial charge in [0.25, 0.3) is 0 Å². The number of hydrogen-bond acceptors (Lipinski definition) is 4. The molecule has 0 spiro atoms. The number of nitrogens with zero attached hydrogens (tertiary/aromatic N) is 1. The van der Waals surface area contributed by atoms with Gasteiger partial charge in [0, 0.05) is 17.7 Å². The Kier molecular flexibility index (Phi) is 5.55. The second-order valence-electron chi connectivity index (χ2n) is 7.08. The lowest BCUT2D eigenvalue weighted by Gasteiger charge is -2.16. The number of carboxylic acid groups (broad SMARTS) is 1. The minimum absolute atomic E-state index is 0.115. The van der Waals surface area contributed by atoms with Crippen molar-refractivity contribution in [2.75, 3.05) is 6.61 Å². The highest BCUT2D eigenvalue weighted by Crippen LogP contribution is 2.48. The highest BCUT2D eigenvalue weighted by atomic mass is 79.9. The van der Waals surface area contributed by atoms with Crippen molar-refractivity contribution in [3.8, 4) is 22.3 Å². The molecule has 1 heterocycles. The normalized spacial score (nSPS) is 15.1. The van der Waals surface area contributed by atoms with Crippen LogP contribution in [-0.2, 0) is 9.53 Å². The Morgan fingerprint density at radius 3 is 2.57 bits per heavy atom. The summed E-state index contributed by atoms with van der Waals surface area (Å²) in [7, 11) is 0. The van der Waals surface area contributed by atoms with Crippen molar-refractivity contribution < 1.29 is 19.4 Å². The monoisotopic (exact) mass is 466 g/mol. The molecule has 0 saturated carbocycles. The predicted octanol–water partition coefficient (Wildman–Crippen LogP) is 4.82. The lowest BCUT2D eigenvalue weighted by Crippen LogP contribution is -2.39. The molecule has 2 N–H and O–H groups in total. The number of carbonyl (C=O) groups is 2. The molecule has 2 atom stereocenters. The highest BCUT2D eigenvalue weighted by molar-refractivity contribution is 9.10. The van der Waals surface area contributed by atoms with Gasteiger partial charge in [0.05, 0.1) is 0 Å². The summed E-state index contributed by atoms with van der Waals surface area (Å²) >= 11 is 3.37. The van der Waals surface area contributed by atoms with Crippen molar-refractivity contribution in [2.24, 2.45) is 0 Å². The van der Waals surface area contributed by atoms with Gasteiger partial charge < -0.3 is 15.2 Å². The zero-order valence-electron chi connectivity index (χ0n) is 16.1. The third-order valence-corrected chi connectivity index (χ3v) is 5.67. The number of ether oxygens (including phenoxy) is 1. The second-order valence-corrected chi connectivity index (χ2v) is 7.89. The summed E-state index contributed by atoms with van der Waals surface area (Å²) in [6, 6.07) is 17.0. The molecule has 0 bridgehead atoms. The molecule has 4 rings (SSSR count). The van der Waals surface area contributed by atoms with Crippen LogP contribution in [0.25, 0.3) is 22.3 Å². The van der Waals surface area contributed by atoms with Gasteiger partial charge in [0.2, 0.25) is 0 Å². The van der Waals surface area contributed by atoms with E-state index in [9.17, 15) is 9.59 Å². The maximum Gasteiger partial charge on any atom is 0.407 e. The van der Waals surface area contributed by atoms with E-state index in [0.717, 1.165) is 38.0 Å². The third kappa shape index (κ3) is 3.80. The Morgan fingerprint density at radius 1 is 1.10 bits per heavy atom. The summed E-state index contributed by atoms with van der Waals surface area (Å²) in [6.07, 6.45) is 1.08. The Balaban J connectivity index is 1.67. The van der Waals surface area contributed by atoms with E-state index in [1.54, 1.807) is 0 Å². The van der Waals surface area contributed by atoms with Gasteiger partial charge in [-0.1, -0.05) is 48.5 Å². The van der Waals surface area contributed by atoms with Gasteiger partial charge in [-0.3, -0.25) is 4.79 Å². The highest BCUT2D eigenvalue weighted by Gasteiger charge is 2.31. The maximum atomic E-state index is 12.0. The van der Waals surface area contributed by atoms with E-state index in [0.29, 0.717) is 0 Å². The Morgan fingerprint density at radius 2 is 1.83 bits per heavy atom. The lowest BCUT2D eigenvalue weighted by atomic mass is 9.94. The number of nitrogens with one attached hydrogen (secondary N) is 1. The maximum absolute atomic E-state index is 12.0. The van der Waals surface area contributed by atoms with Gasteiger partial charge in [-0.15, -0.1) is 0 Å². The van der Waals surface area contributed by atoms with Crippen LogP contribution in [0.4, 0.5) is 4.79 Å². The molecule has 1 aromatic heterocycles. The van der Waals surface area contributed by atoms with Gasteiger partial charge in [-0.2, -0.15) is 0 Å². The zero-order valence-corrected chi connectivity index (χ0v) is 17.7. The topological polar surface area (TPSA) is 88.5 Å². The van der Waals surface area contributed by atoms with E-state index < -0.39 is 18.1 Å². The molecular formula is C23H19BrN2O4. The number of carbonyl (C=O) groups excluding carboxylic acids is 1. The van der Waals surface area contributed by atoms with Crippen molar-refractivity contribution in [1.29, 1.82) is 0 Å². The molecule has 3 aromatic rings. The average molecular weight is 467 g/mol. The summed E-state index contributed by atoms with van der Waals surface area (Å²) in [5.74, 6) is -1.25. The molecule has 7 heteroatoms. The van der Waals surface area contributed by atoms with Crippen LogP contribution >= 0.6 is 15.9 Å². The standard InChI is InChI=1S/C23H19BrN2O4/c1-13(22(27)28)26-23(29)30-12-19-16-5-2-3-6-17(16)21-15(7-4-8-18(19)21)14-9-10-20(24)25-11-14/h2-11,13,19H,12H2,1H3,(H,26,29)(H,27,28)/t13-,19?/m0/s1. The molecule has 1 aliphatic rings. The van der Waals surface area contributed by atoms with Gasteiger partial charge in [-0.05, 0) is 56.7 Å². The van der Waals surface area contributed by atoms with Crippen LogP contribution in [0.1, 0.15) is 24.0 Å². The summed E-state index contributed by atoms with van der Waals surface area (Å²) in [4.78, 5) is 27.3. The van der Waals surface area contributed by atoms with Gasteiger partial charge >= 0.3 is 12.1 Å². The molecule has 1 unspecified atom stereocenters. The minimum atomic E-state index is -1.11. The zero-order chi connectivity index (χ0) is 21.3. The SMILES string of the molecule is C[C@H](NC(=O)OCC1c2ccccc2-c2c(-c3ccc(Br)nc3)cccc21)C(=O)O. The first kappa shape index (κ1) is 20.1. The average Bonchev–Trinajstić information content (AvgIpc) is 3.06. The van der Waals surface area contributed by atoms with Crippen LogP contribution in [0.3, 0.4) is 0 Å². The smallest absolute Gasteiger partial charge is 0.407 e. The minimum Gasteiger partial charge on any atom is -0.480 e. The number of fused-ring (bicyclic) bond motifs is 3. The first-order valence-electron chi connectivity index (χ1n) is 9.46. The fourth-order valence-corrected chi connectivity index (χ4v) is 3.99. The molecule has 0 aliphatic heterocycles. The summed E-state index contributed by atoms with van der Waals surface area (Å²) in [5.41, 5.74) is 6.40. The number of pyridine rings is 1. The van der Waals surface area contributed by atoms with E-state index in [4.69, 9.17) is 9.84 Å². The van der Waals surface area contributed by atoms with E-state index in [2.05, 4.69) is 38.4 Å². The van der Waals surface area contributed by atoms with Crippen molar-refractivity contribution in [3.63, 3.8) is 0 Å². The number of hydrogen-bond donors (Lipinski definition) is 2. The number of aliphatic carboxylic acids is 1. The van der Waals surface area contributed by atoms with Gasteiger partial charge in [-0.25, -0.2) is 9.78 Å². The molecule has 152 valence electrons. The predicted molar refractivity (Wildman–Crippen MR) is 116 cm³/mol. The third-order valence-electron chi connectivity index (χ3n) is 5.20. The fourth-order valence-electron chi connectivity index (χ4n) is 3.75. The molecule has 0 radical (unpaired) electrons. The van der Waals surface area contributed by atoms with Crippen molar-refractivity contribution in [1.82, 2.24) is 10.3 Å². The van der Waals surface area contributed by atoms with Crippen LogP contribution in [0.5, 0.6) is 0 Å². The fraction of sp³-hybridized carbons (Fsp3) is 0.174. The molecule has 1 aliphatic carbocycles. The molecule has 30 heavy (non-hydrogen) atoms. The lowest BCUT2D eigenvalue weighted by molar-refractivity contribution is -0.138. The van der Waals surface area contributed by atoms with Crippen LogP contribution in [-0.4, -0.2) is 34.8 Å². The Bertz CT molecular complexity index is 1110. The summed E-state index contributed by atoms with van der Waals surface area (Å²) < 4.78 is 6.16. The first-order valence-corrected chi connectivity index (χ1v) is 10.2. The number of carboxylic acids is 1. The Labute approximate surface area is 182 Å². The number of amides is 1. The van der Waals surface area contributed by atoms with E-state index in [1.165, 1.54) is 6.92 Å². The Hall–Kier alpha value is -3.19. The van der Waals surface area contributed by atoms with Crippen LogP contribution < -0.4 is 5.32 Å². The van der Waals surface area contributed by atoms with Gasteiger partial charge in [0.15, 0.2) is 0 Å². The molecule has 0 saturated heterocycles. The molecular weight excluding hydrogens is 448 g/mol. The van der Waals surface area contributed by atoms with E-state index in [-0.39, 0.29) is 12.5 Å². The van der Waals surface area contributed by atoms with E-state index in [1.807, 2.05) is 48.7 Å². The molecule has 6 nitrogen and oxygen atoms in total. The summed E-state index contributed by atoms with van der Waals surface area (Å²) in [6.45, 7) is 1.51. The van der Waals surface area contributed by atoms with Crippen LogP contribution in [0, 0.1) is 0 Å². The van der Waals surface area contributed by atoms with Gasteiger partial charge in [0.1, 0.15) is 17.3 Å². The number of aromatic nitrogens is 1. The number of halogens is 1. The first-order chi connectivity index (χ1) is 14.5. The molecule has 0 fully saturated rings. The van der Waals surface area contributed by atoms with Crippen LogP contribution in [0.2, 0.25) is 0 Å². The molecule has 2 aromatic carbocycles. The van der Waals surface area contributed by atoms with Crippen molar-refractivity contribution in [3.05, 3.63) is 76.5 Å². The number of benzene rings is 2. The van der Waals surface area contributed by atoms with Crippen molar-refractivity contribution >= 4 is 28.0 Å². The van der Waals surface area contributed by atoms with E-state index >= 15 is 0 Å². The quantitative estimate of drug-likeness (QED) is 0.526. The second kappa shape index (κ2) is 8.28. The number of alkyl carbamates (subject to hydrolysis) is 1. The summed E-state index contributed by atoms with van der Waals surface area (Å²) in [5, 5.41) is 11.3. The van der Waals surface area contributed by atoms with Crippen LogP contribution in [0.15, 0.2) is 65.4 Å². The number of rotatable bonds is 5.